The van der Waals surface area contributed by atoms with Crippen LogP contribution in [-0.4, -0.2) is 22.8 Å². The van der Waals surface area contributed by atoms with E-state index in [4.69, 9.17) is 6.42 Å². The van der Waals surface area contributed by atoms with E-state index in [2.05, 4.69) is 19.8 Å². The predicted octanol–water partition coefficient (Wildman–Crippen LogP) is 3.31. The van der Waals surface area contributed by atoms with Crippen molar-refractivity contribution in [2.75, 3.05) is 0 Å². The zero-order chi connectivity index (χ0) is 18.0. The molecule has 0 heterocycles. The van der Waals surface area contributed by atoms with Crippen molar-refractivity contribution in [1.29, 1.82) is 0 Å². The number of ketones is 1. The number of allylic oxidation sites excluding steroid dienone is 1. The van der Waals surface area contributed by atoms with Crippen LogP contribution in [-0.2, 0) is 9.59 Å². The van der Waals surface area contributed by atoms with Gasteiger partial charge in [0.05, 0.1) is 5.92 Å². The Morgan fingerprint density at radius 3 is 2.64 bits per heavy atom. The molecule has 0 aliphatic heterocycles. The van der Waals surface area contributed by atoms with Gasteiger partial charge in [-0.25, -0.2) is 0 Å². The first-order valence-electron chi connectivity index (χ1n) is 9.69. The Morgan fingerprint density at radius 2 is 1.96 bits per heavy atom. The van der Waals surface area contributed by atoms with Gasteiger partial charge in [-0.05, 0) is 74.2 Å². The summed E-state index contributed by atoms with van der Waals surface area (Å²) in [6.45, 7) is 4.46. The molecule has 4 aliphatic carbocycles. The van der Waals surface area contributed by atoms with Gasteiger partial charge in [-0.15, -0.1) is 6.42 Å². The molecule has 0 aromatic rings. The van der Waals surface area contributed by atoms with Gasteiger partial charge < -0.3 is 9.90 Å². The second-order valence-electron chi connectivity index (χ2n) is 9.35. The minimum atomic E-state index is -0.979. The van der Waals surface area contributed by atoms with Gasteiger partial charge >= 0.3 is 0 Å². The van der Waals surface area contributed by atoms with E-state index < -0.39 is 11.5 Å². The molecule has 3 heteroatoms. The van der Waals surface area contributed by atoms with Crippen molar-refractivity contribution in [2.24, 2.45) is 34.5 Å². The maximum atomic E-state index is 12.2. The number of fused-ring (bicyclic) bond motifs is 5. The van der Waals surface area contributed by atoms with Gasteiger partial charge in [-0.3, -0.25) is 4.79 Å². The molecule has 25 heavy (non-hydrogen) atoms. The zero-order valence-corrected chi connectivity index (χ0v) is 15.3. The Morgan fingerprint density at radius 1 is 1.24 bits per heavy atom. The molecule has 0 aromatic heterocycles. The highest BCUT2D eigenvalue weighted by molar-refractivity contribution is 6.02. The number of rotatable bonds is 1. The number of carbonyl (C=O) groups is 2. The first-order valence-corrected chi connectivity index (χ1v) is 9.69. The summed E-state index contributed by atoms with van der Waals surface area (Å²) in [4.78, 5) is 23.6. The van der Waals surface area contributed by atoms with Crippen LogP contribution in [0.3, 0.4) is 0 Å². The lowest BCUT2D eigenvalue weighted by Crippen LogP contribution is -2.55. The quantitative estimate of drug-likeness (QED) is 0.453. The van der Waals surface area contributed by atoms with Crippen LogP contribution in [0.15, 0.2) is 11.6 Å². The van der Waals surface area contributed by atoms with Crippen LogP contribution in [0.1, 0.15) is 58.8 Å². The molecule has 0 bridgehead atoms. The van der Waals surface area contributed by atoms with Crippen LogP contribution in [0, 0.1) is 46.8 Å². The predicted molar refractivity (Wildman–Crippen MR) is 95.4 cm³/mol. The summed E-state index contributed by atoms with van der Waals surface area (Å²) < 4.78 is 0. The molecule has 1 unspecified atom stereocenters. The van der Waals surface area contributed by atoms with E-state index in [0.717, 1.165) is 38.4 Å². The van der Waals surface area contributed by atoms with Crippen molar-refractivity contribution < 1.29 is 14.7 Å². The molecular weight excluding hydrogens is 312 g/mol. The summed E-state index contributed by atoms with van der Waals surface area (Å²) in [7, 11) is 0. The number of hydrogen-bond acceptors (Lipinski definition) is 3. The van der Waals surface area contributed by atoms with Gasteiger partial charge in [0.15, 0.2) is 5.78 Å². The van der Waals surface area contributed by atoms with Crippen LogP contribution >= 0.6 is 0 Å². The van der Waals surface area contributed by atoms with E-state index >= 15 is 0 Å². The number of hydrogen-bond donors (Lipinski definition) is 1. The Hall–Kier alpha value is -1.40. The third-order valence-electron chi connectivity index (χ3n) is 8.62. The van der Waals surface area contributed by atoms with E-state index in [1.165, 1.54) is 5.57 Å². The van der Waals surface area contributed by atoms with Crippen LogP contribution in [0.4, 0.5) is 0 Å². The van der Waals surface area contributed by atoms with Crippen molar-refractivity contribution in [1.82, 2.24) is 0 Å². The molecule has 3 nitrogen and oxygen atoms in total. The fraction of sp³-hybridized carbons (Fsp3) is 0.727. The second-order valence-corrected chi connectivity index (χ2v) is 9.35. The third-order valence-corrected chi connectivity index (χ3v) is 8.62. The molecule has 134 valence electrons. The standard InChI is InChI=1S/C22H28O3/c1-4-22(25)10-8-18-16-6-5-15-11-19(24)14(13-23)12-20(15,2)17(16)7-9-21(18,22)3/h1,11,13-14,16-18,25H,5-10,12H2,2-3H3/t14?,16-,17+,18+,20+,21+,22+/m1/s1. The Balaban J connectivity index is 1.71. The van der Waals surface area contributed by atoms with Gasteiger partial charge in [-0.1, -0.05) is 25.3 Å². The largest absolute Gasteiger partial charge is 0.377 e. The highest BCUT2D eigenvalue weighted by Crippen LogP contribution is 2.67. The first-order chi connectivity index (χ1) is 11.8. The van der Waals surface area contributed by atoms with Crippen molar-refractivity contribution >= 4 is 12.1 Å². The molecular formula is C22H28O3. The number of carbonyl (C=O) groups excluding carboxylic acids is 2. The van der Waals surface area contributed by atoms with Gasteiger partial charge in [-0.2, -0.15) is 0 Å². The Kier molecular flexibility index (Phi) is 3.61. The summed E-state index contributed by atoms with van der Waals surface area (Å²) in [5, 5.41) is 11.0. The summed E-state index contributed by atoms with van der Waals surface area (Å²) >= 11 is 0. The maximum Gasteiger partial charge on any atom is 0.165 e. The first kappa shape index (κ1) is 17.0. The summed E-state index contributed by atoms with van der Waals surface area (Å²) in [6.07, 6.45) is 14.7. The lowest BCUT2D eigenvalue weighted by atomic mass is 9.46. The highest BCUT2D eigenvalue weighted by Gasteiger charge is 2.63. The minimum Gasteiger partial charge on any atom is -0.377 e. The van der Waals surface area contributed by atoms with Gasteiger partial charge in [0.1, 0.15) is 11.9 Å². The lowest BCUT2D eigenvalue weighted by Gasteiger charge is -2.59. The second kappa shape index (κ2) is 5.30. The number of aliphatic hydroxyl groups is 1. The summed E-state index contributed by atoms with van der Waals surface area (Å²) in [6, 6.07) is 0. The van der Waals surface area contributed by atoms with E-state index in [-0.39, 0.29) is 16.6 Å². The van der Waals surface area contributed by atoms with Crippen molar-refractivity contribution in [3.8, 4) is 12.3 Å². The smallest absolute Gasteiger partial charge is 0.165 e. The third kappa shape index (κ3) is 2.04. The monoisotopic (exact) mass is 340 g/mol. The Bertz CT molecular complexity index is 701. The van der Waals surface area contributed by atoms with E-state index in [1.807, 2.05) is 0 Å². The molecule has 4 rings (SSSR count). The van der Waals surface area contributed by atoms with Crippen molar-refractivity contribution in [2.45, 2.75) is 64.4 Å². The maximum absolute atomic E-state index is 12.2. The molecule has 0 aromatic carbocycles. The number of aldehydes is 1. The fourth-order valence-electron chi connectivity index (χ4n) is 7.05. The van der Waals surface area contributed by atoms with Crippen molar-refractivity contribution in [3.63, 3.8) is 0 Å². The topological polar surface area (TPSA) is 54.4 Å². The lowest BCUT2D eigenvalue weighted by molar-refractivity contribution is -0.130. The van der Waals surface area contributed by atoms with E-state index in [1.54, 1.807) is 6.08 Å². The van der Waals surface area contributed by atoms with Crippen LogP contribution in [0.25, 0.3) is 0 Å². The average Bonchev–Trinajstić information content (AvgIpc) is 2.87. The number of terminal acetylenes is 1. The molecule has 0 spiro atoms. The fourth-order valence-corrected chi connectivity index (χ4v) is 7.05. The molecule has 1 N–H and O–H groups in total. The van der Waals surface area contributed by atoms with Crippen LogP contribution in [0.5, 0.6) is 0 Å². The molecule has 7 atom stereocenters. The molecule has 0 radical (unpaired) electrons. The molecule has 0 saturated heterocycles. The van der Waals surface area contributed by atoms with Crippen molar-refractivity contribution in [3.05, 3.63) is 11.6 Å². The average molecular weight is 340 g/mol. The van der Waals surface area contributed by atoms with E-state index in [0.29, 0.717) is 30.6 Å². The molecule has 4 aliphatic rings. The van der Waals surface area contributed by atoms with Gasteiger partial charge in [0.25, 0.3) is 0 Å². The SMILES string of the molecule is C#C[C@]1(O)CC[C@H]2[C@@H]3CCC4=CC(=O)C(C=O)C[C@]4(C)[C@H]3CC[C@@]21C. The zero-order valence-electron chi connectivity index (χ0n) is 15.3. The Labute approximate surface area is 150 Å². The molecule has 3 fully saturated rings. The minimum absolute atomic E-state index is 0.0100. The molecule has 0 amide bonds. The summed E-state index contributed by atoms with van der Waals surface area (Å²) in [5.74, 6) is 3.69. The van der Waals surface area contributed by atoms with Gasteiger partial charge in [0, 0.05) is 5.41 Å². The van der Waals surface area contributed by atoms with E-state index in [9.17, 15) is 14.7 Å². The highest BCUT2D eigenvalue weighted by atomic mass is 16.3. The van der Waals surface area contributed by atoms with Crippen LogP contribution in [0.2, 0.25) is 0 Å². The molecule has 3 saturated carbocycles. The summed E-state index contributed by atoms with van der Waals surface area (Å²) in [5.41, 5.74) is 0.0222. The normalized spacial score (nSPS) is 51.6. The van der Waals surface area contributed by atoms with Crippen LogP contribution < -0.4 is 0 Å². The van der Waals surface area contributed by atoms with Gasteiger partial charge in [0.2, 0.25) is 0 Å².